The van der Waals surface area contributed by atoms with Gasteiger partial charge in [-0.05, 0) is 75.7 Å². The number of phenolic OH excluding ortho intramolecular Hbond substituents is 1. The van der Waals surface area contributed by atoms with Gasteiger partial charge in [0.15, 0.2) is 5.17 Å². The van der Waals surface area contributed by atoms with Crippen molar-refractivity contribution in [2.45, 2.75) is 6.54 Å². The topological polar surface area (TPSA) is 87.6 Å². The molecule has 0 atom stereocenters. The Morgan fingerprint density at radius 2 is 2.00 bits per heavy atom. The van der Waals surface area contributed by atoms with E-state index >= 15 is 0 Å². The first-order valence-electron chi connectivity index (χ1n) is 9.61. The average molecular weight is 591 g/mol. The first-order valence-corrected chi connectivity index (χ1v) is 12.0. The molecule has 1 aliphatic rings. The second-order valence-electron chi connectivity index (χ2n) is 6.81. The van der Waals surface area contributed by atoms with Gasteiger partial charge in [-0.25, -0.2) is 0 Å². The summed E-state index contributed by atoms with van der Waals surface area (Å²) in [6.07, 6.45) is 4.78. The number of nitrogens with zero attached hydrogens (tertiary/aromatic N) is 3. The van der Waals surface area contributed by atoms with Crippen LogP contribution in [0.15, 0.2) is 83.3 Å². The molecule has 0 radical (unpaired) electrons. The minimum Gasteiger partial charge on any atom is -0.506 e. The first-order chi connectivity index (χ1) is 15.9. The van der Waals surface area contributed by atoms with Crippen molar-refractivity contribution in [1.29, 1.82) is 0 Å². The number of amides is 1. The summed E-state index contributed by atoms with van der Waals surface area (Å²) < 4.78 is 11.9. The van der Waals surface area contributed by atoms with E-state index in [1.807, 2.05) is 24.3 Å². The van der Waals surface area contributed by atoms with Gasteiger partial charge in [0.05, 0.1) is 35.5 Å². The Bertz CT molecular complexity index is 1260. The van der Waals surface area contributed by atoms with E-state index in [9.17, 15) is 9.90 Å². The first kappa shape index (κ1) is 23.3. The third kappa shape index (κ3) is 5.58. The fourth-order valence-electron chi connectivity index (χ4n) is 2.96. The number of hydrogen-bond acceptors (Lipinski definition) is 7. The Balaban J connectivity index is 1.63. The number of carbonyl (C=O) groups is 1. The summed E-state index contributed by atoms with van der Waals surface area (Å²) in [5, 5.41) is 19.0. The second kappa shape index (κ2) is 10.4. The molecule has 2 heterocycles. The highest BCUT2D eigenvalue weighted by molar-refractivity contribution is 9.11. The Morgan fingerprint density at radius 1 is 1.21 bits per heavy atom. The summed E-state index contributed by atoms with van der Waals surface area (Å²) in [7, 11) is 1.60. The van der Waals surface area contributed by atoms with Crippen LogP contribution in [0.25, 0.3) is 6.08 Å². The zero-order valence-electron chi connectivity index (χ0n) is 17.2. The third-order valence-corrected chi connectivity index (χ3v) is 6.65. The molecule has 0 unspecified atom stereocenters. The van der Waals surface area contributed by atoms with Gasteiger partial charge in [0.2, 0.25) is 0 Å². The van der Waals surface area contributed by atoms with Gasteiger partial charge in [-0.1, -0.05) is 28.1 Å². The summed E-state index contributed by atoms with van der Waals surface area (Å²) in [5.74, 6) is 1.21. The van der Waals surface area contributed by atoms with Crippen LogP contribution < -0.4 is 4.74 Å². The number of rotatable bonds is 6. The molecule has 10 heteroatoms. The van der Waals surface area contributed by atoms with Gasteiger partial charge in [0, 0.05) is 10.0 Å². The highest BCUT2D eigenvalue weighted by Gasteiger charge is 2.34. The number of aromatic hydroxyl groups is 1. The molecule has 0 aliphatic carbocycles. The Labute approximate surface area is 211 Å². The number of hydrogen-bond donors (Lipinski definition) is 1. The lowest BCUT2D eigenvalue weighted by Gasteiger charge is -2.12. The van der Waals surface area contributed by atoms with Crippen molar-refractivity contribution in [3.63, 3.8) is 0 Å². The van der Waals surface area contributed by atoms with Gasteiger partial charge >= 0.3 is 0 Å². The van der Waals surface area contributed by atoms with E-state index in [0.717, 1.165) is 15.8 Å². The van der Waals surface area contributed by atoms with Gasteiger partial charge in [-0.15, -0.1) is 5.10 Å². The number of halogens is 2. The average Bonchev–Trinajstić information content (AvgIpc) is 3.42. The van der Waals surface area contributed by atoms with E-state index in [1.54, 1.807) is 43.7 Å². The van der Waals surface area contributed by atoms with Crippen LogP contribution in [0.3, 0.4) is 0 Å². The minimum atomic E-state index is -0.200. The number of phenols is 1. The zero-order valence-corrected chi connectivity index (χ0v) is 21.2. The zero-order chi connectivity index (χ0) is 23.4. The number of amidine groups is 1. The summed E-state index contributed by atoms with van der Waals surface area (Å²) in [5.41, 5.74) is 1.33. The van der Waals surface area contributed by atoms with E-state index in [0.29, 0.717) is 25.9 Å². The van der Waals surface area contributed by atoms with Crippen LogP contribution in [-0.4, -0.2) is 34.4 Å². The van der Waals surface area contributed by atoms with Crippen molar-refractivity contribution < 1.29 is 19.1 Å². The maximum Gasteiger partial charge on any atom is 0.267 e. The molecular formula is C23H17Br2N3O4S. The van der Waals surface area contributed by atoms with Gasteiger partial charge in [0.25, 0.3) is 5.91 Å². The van der Waals surface area contributed by atoms with Gasteiger partial charge in [-0.2, -0.15) is 5.10 Å². The molecule has 2 aromatic carbocycles. The smallest absolute Gasteiger partial charge is 0.267 e. The number of carbonyl (C=O) groups excluding carboxylic acids is 1. The van der Waals surface area contributed by atoms with E-state index in [4.69, 9.17) is 9.15 Å². The number of furan rings is 1. The van der Waals surface area contributed by atoms with E-state index in [2.05, 4.69) is 42.1 Å². The number of benzene rings is 2. The normalized spacial score (nSPS) is 16.5. The molecule has 0 spiro atoms. The van der Waals surface area contributed by atoms with Crippen LogP contribution in [0.4, 0.5) is 0 Å². The lowest BCUT2D eigenvalue weighted by atomic mass is 10.2. The van der Waals surface area contributed by atoms with Crippen molar-refractivity contribution in [2.24, 2.45) is 10.2 Å². The lowest BCUT2D eigenvalue weighted by molar-refractivity contribution is -0.122. The summed E-state index contributed by atoms with van der Waals surface area (Å²) >= 11 is 7.90. The van der Waals surface area contributed by atoms with Crippen LogP contribution in [-0.2, 0) is 11.3 Å². The monoisotopic (exact) mass is 589 g/mol. The van der Waals surface area contributed by atoms with Gasteiger partial charge in [0.1, 0.15) is 17.3 Å². The second-order valence-corrected chi connectivity index (χ2v) is 9.59. The molecule has 1 saturated heterocycles. The maximum absolute atomic E-state index is 13.1. The lowest BCUT2D eigenvalue weighted by Crippen LogP contribution is -2.28. The molecular weight excluding hydrogens is 574 g/mol. The fraction of sp³-hybridized carbons (Fsp3) is 0.0870. The molecule has 1 aromatic heterocycles. The molecule has 0 saturated carbocycles. The molecule has 3 aromatic rings. The highest BCUT2D eigenvalue weighted by atomic mass is 79.9. The molecule has 0 bridgehead atoms. The van der Waals surface area contributed by atoms with Crippen LogP contribution in [0, 0.1) is 0 Å². The Morgan fingerprint density at radius 3 is 2.70 bits per heavy atom. The SMILES string of the molecule is COc1ccc(/C=C2\S/C(=N/N=C\c3cc(Br)cc(Br)c3O)N(Cc3ccco3)C2=O)cc1. The number of thioether (sulfide) groups is 1. The van der Waals surface area contributed by atoms with Crippen molar-refractivity contribution in [3.8, 4) is 11.5 Å². The van der Waals surface area contributed by atoms with Gasteiger partial charge < -0.3 is 14.3 Å². The standard InChI is InChI=1S/C23H17Br2N3O4S/c1-31-17-6-4-14(5-7-17)9-20-22(30)28(13-18-3-2-8-32-18)23(33-20)27-26-12-15-10-16(24)11-19(25)21(15)29/h2-12,29H,13H2,1H3/b20-9-,26-12-,27-23+. The van der Waals surface area contributed by atoms with Crippen LogP contribution >= 0.6 is 43.6 Å². The summed E-state index contributed by atoms with van der Waals surface area (Å²) in [4.78, 5) is 15.1. The highest BCUT2D eigenvalue weighted by Crippen LogP contribution is 2.34. The maximum atomic E-state index is 13.1. The van der Waals surface area contributed by atoms with Crippen LogP contribution in [0.2, 0.25) is 0 Å². The van der Waals surface area contributed by atoms with Crippen molar-refractivity contribution in [1.82, 2.24) is 4.90 Å². The van der Waals surface area contributed by atoms with Gasteiger partial charge in [-0.3, -0.25) is 9.69 Å². The Kier molecular flexibility index (Phi) is 7.36. The predicted octanol–water partition coefficient (Wildman–Crippen LogP) is 6.03. The molecule has 33 heavy (non-hydrogen) atoms. The molecule has 1 N–H and O–H groups in total. The number of ether oxygens (including phenoxy) is 1. The molecule has 4 rings (SSSR count). The van der Waals surface area contributed by atoms with Crippen molar-refractivity contribution in [3.05, 3.63) is 85.5 Å². The molecule has 1 amide bonds. The van der Waals surface area contributed by atoms with E-state index < -0.39 is 0 Å². The van der Waals surface area contributed by atoms with Crippen LogP contribution in [0.1, 0.15) is 16.9 Å². The molecule has 1 fully saturated rings. The molecule has 7 nitrogen and oxygen atoms in total. The molecule has 1 aliphatic heterocycles. The quantitative estimate of drug-likeness (QED) is 0.215. The Hall–Kier alpha value is -2.82. The van der Waals surface area contributed by atoms with E-state index in [1.165, 1.54) is 22.9 Å². The largest absolute Gasteiger partial charge is 0.506 e. The summed E-state index contributed by atoms with van der Waals surface area (Å²) in [6, 6.07) is 14.4. The van der Waals surface area contributed by atoms with Crippen LogP contribution in [0.5, 0.6) is 11.5 Å². The fourth-order valence-corrected chi connectivity index (χ4v) is 5.15. The molecule has 168 valence electrons. The predicted molar refractivity (Wildman–Crippen MR) is 136 cm³/mol. The van der Waals surface area contributed by atoms with E-state index in [-0.39, 0.29) is 18.2 Å². The number of methoxy groups -OCH3 is 1. The van der Waals surface area contributed by atoms with Crippen molar-refractivity contribution >= 4 is 67.0 Å². The van der Waals surface area contributed by atoms with Crippen molar-refractivity contribution in [2.75, 3.05) is 7.11 Å². The third-order valence-electron chi connectivity index (χ3n) is 4.59. The minimum absolute atomic E-state index is 0.0461. The summed E-state index contributed by atoms with van der Waals surface area (Å²) in [6.45, 7) is 0.223.